The number of hydrogen-bond acceptors (Lipinski definition) is 5. The molecule has 0 aliphatic heterocycles. The van der Waals surface area contributed by atoms with Gasteiger partial charge < -0.3 is 5.21 Å². The van der Waals surface area contributed by atoms with Crippen molar-refractivity contribution in [1.82, 2.24) is 4.73 Å². The van der Waals surface area contributed by atoms with Crippen molar-refractivity contribution in [3.63, 3.8) is 0 Å². The summed E-state index contributed by atoms with van der Waals surface area (Å²) in [5, 5.41) is 18.0. The number of hydrogen-bond donors (Lipinski definition) is 1. The molecule has 1 heterocycles. The van der Waals surface area contributed by atoms with Crippen LogP contribution < -0.4 is 4.80 Å². The molecule has 1 aromatic heterocycles. The largest absolute Gasteiger partial charge is 0.426 e. The molecule has 1 aliphatic rings. The van der Waals surface area contributed by atoms with E-state index >= 15 is 0 Å². The van der Waals surface area contributed by atoms with Crippen LogP contribution in [-0.4, -0.2) is 21.4 Å². The van der Waals surface area contributed by atoms with Crippen molar-refractivity contribution < 1.29 is 10.0 Å². The lowest BCUT2D eigenvalue weighted by Gasteiger charge is -2.09. The molecule has 0 bridgehead atoms. The van der Waals surface area contributed by atoms with Crippen molar-refractivity contribution in [1.29, 1.82) is 0 Å². The molecule has 0 amide bonds. The highest BCUT2D eigenvalue weighted by atomic mass is 32.1. The van der Waals surface area contributed by atoms with Crippen molar-refractivity contribution in [2.75, 3.05) is 0 Å². The fourth-order valence-electron chi connectivity index (χ4n) is 2.04. The number of ketones is 1. The Morgan fingerprint density at radius 1 is 1.14 bits per heavy atom. The molecule has 0 spiro atoms. The number of carbonyl (C=O) groups excluding carboxylic acids is 1. The second-order valence-corrected chi connectivity index (χ2v) is 5.85. The van der Waals surface area contributed by atoms with Gasteiger partial charge in [0.15, 0.2) is 0 Å². The Morgan fingerprint density at radius 2 is 1.90 bits per heavy atom. The van der Waals surface area contributed by atoms with Gasteiger partial charge in [-0.05, 0) is 25.5 Å². The van der Waals surface area contributed by atoms with Crippen LogP contribution in [-0.2, 0) is 4.79 Å². The van der Waals surface area contributed by atoms with Gasteiger partial charge in [-0.15, -0.1) is 10.2 Å². The lowest BCUT2D eigenvalue weighted by molar-refractivity contribution is -0.108. The molecular formula is C15H13N3O2S. The molecule has 0 radical (unpaired) electrons. The minimum atomic E-state index is -0.188. The maximum Gasteiger partial charge on any atom is 0.244 e. The number of rotatable bonds is 1. The van der Waals surface area contributed by atoms with Gasteiger partial charge in [0.1, 0.15) is 5.71 Å². The lowest BCUT2D eigenvalue weighted by atomic mass is 9.95. The highest BCUT2D eigenvalue weighted by Gasteiger charge is 2.18. The van der Waals surface area contributed by atoms with Crippen molar-refractivity contribution >= 4 is 28.9 Å². The molecule has 0 atom stereocenters. The number of allylic oxidation sites excluding steroid dienone is 1. The molecule has 1 aliphatic carbocycles. The van der Waals surface area contributed by atoms with Crippen LogP contribution in [0.4, 0.5) is 0 Å². The Kier molecular flexibility index (Phi) is 3.31. The van der Waals surface area contributed by atoms with Crippen molar-refractivity contribution in [3.8, 4) is 0 Å². The fraction of sp³-hybridized carbons (Fsp3) is 0.133. The second kappa shape index (κ2) is 5.14. The van der Waals surface area contributed by atoms with Crippen LogP contribution >= 0.6 is 11.3 Å². The zero-order chi connectivity index (χ0) is 15.0. The van der Waals surface area contributed by atoms with E-state index in [1.807, 2.05) is 31.2 Å². The molecule has 0 fully saturated rings. The van der Waals surface area contributed by atoms with E-state index in [2.05, 4.69) is 10.2 Å². The average molecular weight is 299 g/mol. The number of aromatic nitrogens is 1. The molecule has 1 N–H and O–H groups in total. The van der Waals surface area contributed by atoms with Gasteiger partial charge in [-0.3, -0.25) is 4.79 Å². The number of fused-ring (bicyclic) bond motifs is 1. The van der Waals surface area contributed by atoms with E-state index in [9.17, 15) is 10.0 Å². The van der Waals surface area contributed by atoms with Crippen LogP contribution in [0.1, 0.15) is 21.7 Å². The predicted molar refractivity (Wildman–Crippen MR) is 81.6 cm³/mol. The summed E-state index contributed by atoms with van der Waals surface area (Å²) in [5.74, 6) is -0.188. The second-order valence-electron chi connectivity index (χ2n) is 4.67. The van der Waals surface area contributed by atoms with Gasteiger partial charge in [0, 0.05) is 10.4 Å². The SMILES string of the molecule is Cc1sc(=NN=C2C(=O)C=Cc3ccccc32)n(O)c1C. The zero-order valence-electron chi connectivity index (χ0n) is 11.6. The van der Waals surface area contributed by atoms with Gasteiger partial charge in [0.25, 0.3) is 0 Å². The first-order chi connectivity index (χ1) is 10.1. The first-order valence-electron chi connectivity index (χ1n) is 6.39. The molecular weight excluding hydrogens is 286 g/mol. The molecule has 0 unspecified atom stereocenters. The van der Waals surface area contributed by atoms with Crippen LogP contribution in [0.15, 0.2) is 40.5 Å². The van der Waals surface area contributed by atoms with Gasteiger partial charge >= 0.3 is 0 Å². The van der Waals surface area contributed by atoms with E-state index in [4.69, 9.17) is 0 Å². The lowest BCUT2D eigenvalue weighted by Crippen LogP contribution is -2.18. The quantitative estimate of drug-likeness (QED) is 0.648. The maximum absolute atomic E-state index is 12.0. The predicted octanol–water partition coefficient (Wildman–Crippen LogP) is 2.30. The van der Waals surface area contributed by atoms with Crippen LogP contribution in [0.5, 0.6) is 0 Å². The Labute approximate surface area is 125 Å². The smallest absolute Gasteiger partial charge is 0.244 e. The zero-order valence-corrected chi connectivity index (χ0v) is 12.4. The Morgan fingerprint density at radius 3 is 2.62 bits per heavy atom. The molecule has 3 rings (SSSR count). The Bertz CT molecular complexity index is 856. The van der Waals surface area contributed by atoms with E-state index < -0.39 is 0 Å². The summed E-state index contributed by atoms with van der Waals surface area (Å²) < 4.78 is 0.985. The first-order valence-corrected chi connectivity index (χ1v) is 7.21. The molecule has 5 nitrogen and oxygen atoms in total. The number of benzene rings is 1. The van der Waals surface area contributed by atoms with Gasteiger partial charge in [0.05, 0.1) is 5.69 Å². The summed E-state index contributed by atoms with van der Waals surface area (Å²) in [7, 11) is 0. The minimum absolute atomic E-state index is 0.188. The molecule has 0 saturated heterocycles. The van der Waals surface area contributed by atoms with Crippen molar-refractivity contribution in [2.24, 2.45) is 10.2 Å². The summed E-state index contributed by atoms with van der Waals surface area (Å²) in [6.45, 7) is 3.68. The Hall–Kier alpha value is -2.47. The summed E-state index contributed by atoms with van der Waals surface area (Å²) in [4.78, 5) is 13.3. The van der Waals surface area contributed by atoms with Gasteiger partial charge in [-0.1, -0.05) is 41.7 Å². The van der Waals surface area contributed by atoms with Crippen LogP contribution in [0.25, 0.3) is 6.08 Å². The minimum Gasteiger partial charge on any atom is -0.426 e. The van der Waals surface area contributed by atoms with Gasteiger partial charge in [0.2, 0.25) is 10.6 Å². The molecule has 6 heteroatoms. The summed E-state index contributed by atoms with van der Waals surface area (Å²) in [6.07, 6.45) is 3.25. The topological polar surface area (TPSA) is 67.0 Å². The van der Waals surface area contributed by atoms with Crippen LogP contribution in [0.2, 0.25) is 0 Å². The molecule has 2 aromatic rings. The van der Waals surface area contributed by atoms with E-state index in [-0.39, 0.29) is 11.5 Å². The van der Waals surface area contributed by atoms with E-state index in [0.717, 1.165) is 20.7 Å². The molecule has 1 aromatic carbocycles. The third-order valence-electron chi connectivity index (χ3n) is 3.35. The highest BCUT2D eigenvalue weighted by molar-refractivity contribution is 7.09. The number of nitrogens with zero attached hydrogens (tertiary/aromatic N) is 3. The number of thiazole rings is 1. The molecule has 0 saturated carbocycles. The molecule has 21 heavy (non-hydrogen) atoms. The van der Waals surface area contributed by atoms with E-state index in [0.29, 0.717) is 10.5 Å². The van der Waals surface area contributed by atoms with E-state index in [1.165, 1.54) is 17.4 Å². The maximum atomic E-state index is 12.0. The average Bonchev–Trinajstić information content (AvgIpc) is 2.73. The summed E-state index contributed by atoms with van der Waals surface area (Å²) >= 11 is 1.32. The summed E-state index contributed by atoms with van der Waals surface area (Å²) in [5.41, 5.74) is 2.69. The van der Waals surface area contributed by atoms with Crippen LogP contribution in [0, 0.1) is 13.8 Å². The monoisotopic (exact) mass is 299 g/mol. The standard InChI is InChI=1S/C15H13N3O2S/c1-9-10(2)21-15(18(9)20)17-16-14-12-6-4-3-5-11(12)7-8-13(14)19/h3-8,20H,1-2H3. The van der Waals surface area contributed by atoms with Crippen molar-refractivity contribution in [2.45, 2.75) is 13.8 Å². The van der Waals surface area contributed by atoms with Gasteiger partial charge in [-0.25, -0.2) is 0 Å². The van der Waals surface area contributed by atoms with E-state index in [1.54, 1.807) is 13.0 Å². The van der Waals surface area contributed by atoms with Crippen molar-refractivity contribution in [3.05, 3.63) is 56.8 Å². The number of aryl methyl sites for hydroxylation is 1. The fourth-order valence-corrected chi connectivity index (χ4v) is 2.85. The van der Waals surface area contributed by atoms with Crippen LogP contribution in [0.3, 0.4) is 0 Å². The summed E-state index contributed by atoms with van der Waals surface area (Å²) in [6, 6.07) is 7.51. The van der Waals surface area contributed by atoms with Gasteiger partial charge in [-0.2, -0.15) is 4.73 Å². The third kappa shape index (κ3) is 2.34. The first kappa shape index (κ1) is 13.5. The Balaban J connectivity index is 2.13. The normalized spacial score (nSPS) is 16.6. The molecule has 106 valence electrons. The highest BCUT2D eigenvalue weighted by Crippen LogP contribution is 2.17. The number of carbonyl (C=O) groups is 1. The third-order valence-corrected chi connectivity index (χ3v) is 4.39.